The Kier molecular flexibility index (Phi) is 6.87. The van der Waals surface area contributed by atoms with Gasteiger partial charge in [0.1, 0.15) is 17.1 Å². The van der Waals surface area contributed by atoms with Crippen LogP contribution in [0.4, 0.5) is 5.69 Å². The van der Waals surface area contributed by atoms with E-state index in [9.17, 15) is 14.4 Å². The van der Waals surface area contributed by atoms with E-state index < -0.39 is 17.8 Å². The number of thiophene rings is 1. The normalized spacial score (nSPS) is 15.0. The zero-order valence-electron chi connectivity index (χ0n) is 16.9. The predicted octanol–water partition coefficient (Wildman–Crippen LogP) is 4.55. The molecule has 0 radical (unpaired) electrons. The Labute approximate surface area is 202 Å². The maximum absolute atomic E-state index is 13.2. The molecule has 0 spiro atoms. The highest BCUT2D eigenvalue weighted by Crippen LogP contribution is 2.32. The van der Waals surface area contributed by atoms with Crippen LogP contribution in [0.2, 0.25) is 0 Å². The molecule has 2 heterocycles. The summed E-state index contributed by atoms with van der Waals surface area (Å²) >= 11 is 7.72. The zero-order chi connectivity index (χ0) is 23.4. The van der Waals surface area contributed by atoms with E-state index in [1.54, 1.807) is 35.7 Å². The number of anilines is 1. The maximum atomic E-state index is 13.2. The van der Waals surface area contributed by atoms with Gasteiger partial charge >= 0.3 is 5.97 Å². The third kappa shape index (κ3) is 5.30. The molecule has 0 bridgehead atoms. The van der Waals surface area contributed by atoms with Crippen LogP contribution in [0.3, 0.4) is 0 Å². The van der Waals surface area contributed by atoms with Gasteiger partial charge in [-0.1, -0.05) is 18.2 Å². The lowest BCUT2D eigenvalue weighted by molar-refractivity contribution is -0.134. The van der Waals surface area contributed by atoms with Crippen LogP contribution in [0.15, 0.2) is 75.8 Å². The number of carbonyl (C=O) groups excluding carboxylic acids is 2. The van der Waals surface area contributed by atoms with Gasteiger partial charge in [0.15, 0.2) is 5.11 Å². The average molecular weight is 497 g/mol. The molecule has 4 rings (SSSR count). The summed E-state index contributed by atoms with van der Waals surface area (Å²) in [4.78, 5) is 37.9. The monoisotopic (exact) mass is 496 g/mol. The number of carboxylic acid groups (broad SMARTS) is 1. The smallest absolute Gasteiger partial charge is 0.313 e. The van der Waals surface area contributed by atoms with Crippen molar-refractivity contribution in [1.82, 2.24) is 5.32 Å². The molecule has 0 aliphatic carbocycles. The van der Waals surface area contributed by atoms with Gasteiger partial charge in [0.25, 0.3) is 11.8 Å². The van der Waals surface area contributed by atoms with Crippen molar-refractivity contribution in [2.24, 2.45) is 0 Å². The van der Waals surface area contributed by atoms with Gasteiger partial charge in [-0.15, -0.1) is 23.1 Å². The van der Waals surface area contributed by atoms with E-state index in [0.29, 0.717) is 27.0 Å². The molecule has 1 aliphatic heterocycles. The van der Waals surface area contributed by atoms with Gasteiger partial charge in [0.05, 0.1) is 15.6 Å². The highest BCUT2D eigenvalue weighted by Gasteiger charge is 2.34. The number of amides is 2. The Balaban J connectivity index is 1.57. The second-order valence-corrected chi connectivity index (χ2v) is 9.26. The van der Waals surface area contributed by atoms with Gasteiger partial charge in [-0.05, 0) is 71.7 Å². The molecule has 1 fully saturated rings. The number of nitrogens with zero attached hydrogens (tertiary/aromatic N) is 1. The highest BCUT2D eigenvalue weighted by atomic mass is 32.2. The molecule has 1 aliphatic rings. The first kappa shape index (κ1) is 22.7. The fourth-order valence-corrected chi connectivity index (χ4v) is 5.04. The third-order valence-corrected chi connectivity index (χ3v) is 7.00. The number of hydrogen-bond acceptors (Lipinski definition) is 7. The summed E-state index contributed by atoms with van der Waals surface area (Å²) in [5.74, 6) is -0.982. The molecular weight excluding hydrogens is 480 g/mol. The van der Waals surface area contributed by atoms with Crippen molar-refractivity contribution in [3.8, 4) is 11.5 Å². The Morgan fingerprint density at radius 2 is 1.79 bits per heavy atom. The van der Waals surface area contributed by atoms with Gasteiger partial charge in [0.2, 0.25) is 0 Å². The summed E-state index contributed by atoms with van der Waals surface area (Å²) in [6.45, 7) is 0. The fourth-order valence-electron chi connectivity index (χ4n) is 2.99. The quantitative estimate of drug-likeness (QED) is 0.214. The molecule has 166 valence electrons. The zero-order valence-corrected chi connectivity index (χ0v) is 19.3. The largest absolute Gasteiger partial charge is 0.481 e. The average Bonchev–Trinajstić information content (AvgIpc) is 3.24. The minimum Gasteiger partial charge on any atom is -0.481 e. The van der Waals surface area contributed by atoms with E-state index in [4.69, 9.17) is 22.1 Å². The Morgan fingerprint density at radius 1 is 1.09 bits per heavy atom. The van der Waals surface area contributed by atoms with Crippen LogP contribution in [0.1, 0.15) is 5.56 Å². The summed E-state index contributed by atoms with van der Waals surface area (Å²) in [5, 5.41) is 13.2. The van der Waals surface area contributed by atoms with Crippen molar-refractivity contribution >= 4 is 70.0 Å². The van der Waals surface area contributed by atoms with Crippen LogP contribution in [-0.4, -0.2) is 33.8 Å². The Morgan fingerprint density at radius 3 is 2.48 bits per heavy atom. The minimum atomic E-state index is -0.949. The number of carboxylic acids is 1. The standard InChI is InChI=1S/C23H16N2O5S3/c26-19(27)13-33-22-14(10-11-32-22)12-18-20(28)24-23(31)25(21(18)29)15-6-8-17(9-7-15)30-16-4-2-1-3-5-16/h1-12H,13H2,(H,26,27)(H,24,28,31)/b18-12+. The molecule has 1 aromatic heterocycles. The van der Waals surface area contributed by atoms with Crippen LogP contribution in [-0.2, 0) is 14.4 Å². The molecule has 33 heavy (non-hydrogen) atoms. The SMILES string of the molecule is O=C(O)CSc1sccc1/C=C1\C(=O)NC(=S)N(c2ccc(Oc3ccccc3)cc2)C1=O. The maximum Gasteiger partial charge on any atom is 0.313 e. The van der Waals surface area contributed by atoms with E-state index in [0.717, 1.165) is 11.8 Å². The van der Waals surface area contributed by atoms with Gasteiger partial charge in [0, 0.05) is 0 Å². The molecule has 0 saturated carbocycles. The van der Waals surface area contributed by atoms with Crippen molar-refractivity contribution < 1.29 is 24.2 Å². The fraction of sp³-hybridized carbons (Fsp3) is 0.0435. The second-order valence-electron chi connectivity index (χ2n) is 6.71. The number of hydrogen-bond donors (Lipinski definition) is 2. The number of thioether (sulfide) groups is 1. The number of nitrogens with one attached hydrogen (secondary N) is 1. The van der Waals surface area contributed by atoms with E-state index in [1.165, 1.54) is 22.3 Å². The molecule has 1 saturated heterocycles. The predicted molar refractivity (Wildman–Crippen MR) is 132 cm³/mol. The molecule has 0 atom stereocenters. The summed E-state index contributed by atoms with van der Waals surface area (Å²) in [5.41, 5.74) is 0.982. The van der Waals surface area contributed by atoms with Crippen LogP contribution >= 0.6 is 35.3 Å². The second kappa shape index (κ2) is 9.99. The molecule has 0 unspecified atom stereocenters. The van der Waals surface area contributed by atoms with Crippen molar-refractivity contribution in [3.05, 3.63) is 77.2 Å². The summed E-state index contributed by atoms with van der Waals surface area (Å²) < 4.78 is 6.48. The first-order valence-corrected chi connectivity index (χ1v) is 11.9. The van der Waals surface area contributed by atoms with Crippen LogP contribution in [0.5, 0.6) is 11.5 Å². The van der Waals surface area contributed by atoms with Crippen LogP contribution < -0.4 is 15.0 Å². The minimum absolute atomic E-state index is 0.0235. The first-order chi connectivity index (χ1) is 15.9. The van der Waals surface area contributed by atoms with Gasteiger partial charge in [-0.25, -0.2) is 0 Å². The molecule has 3 aromatic rings. The highest BCUT2D eigenvalue weighted by molar-refractivity contribution is 8.01. The number of ether oxygens (including phenoxy) is 1. The summed E-state index contributed by atoms with van der Waals surface area (Å²) in [7, 11) is 0. The third-order valence-electron chi connectivity index (χ3n) is 4.46. The van der Waals surface area contributed by atoms with Crippen LogP contribution in [0.25, 0.3) is 6.08 Å². The molecule has 10 heteroatoms. The number of benzene rings is 2. The van der Waals surface area contributed by atoms with E-state index >= 15 is 0 Å². The molecule has 2 amide bonds. The van der Waals surface area contributed by atoms with Crippen molar-refractivity contribution in [2.75, 3.05) is 10.7 Å². The first-order valence-electron chi connectivity index (χ1n) is 9.59. The van der Waals surface area contributed by atoms with Gasteiger partial charge in [-0.3, -0.25) is 24.6 Å². The molecule has 7 nitrogen and oxygen atoms in total. The number of thiocarbonyl (C=S) groups is 1. The molecular formula is C23H16N2O5S3. The van der Waals surface area contributed by atoms with E-state index in [1.807, 2.05) is 30.3 Å². The number of rotatable bonds is 7. The number of carbonyl (C=O) groups is 3. The molecule has 2 aromatic carbocycles. The number of aliphatic carboxylic acids is 1. The lowest BCUT2D eigenvalue weighted by Gasteiger charge is -2.29. The lowest BCUT2D eigenvalue weighted by atomic mass is 10.1. The Bertz CT molecular complexity index is 1250. The lowest BCUT2D eigenvalue weighted by Crippen LogP contribution is -2.54. The van der Waals surface area contributed by atoms with Crippen LogP contribution in [0, 0.1) is 0 Å². The summed E-state index contributed by atoms with van der Waals surface area (Å²) in [6, 6.07) is 17.8. The number of para-hydroxylation sites is 1. The summed E-state index contributed by atoms with van der Waals surface area (Å²) in [6.07, 6.45) is 1.46. The molecule has 2 N–H and O–H groups in total. The van der Waals surface area contributed by atoms with Gasteiger partial charge in [-0.2, -0.15) is 0 Å². The van der Waals surface area contributed by atoms with E-state index in [2.05, 4.69) is 5.32 Å². The van der Waals surface area contributed by atoms with Crippen molar-refractivity contribution in [2.45, 2.75) is 4.21 Å². The topological polar surface area (TPSA) is 95.9 Å². The Hall–Kier alpha value is -3.47. The van der Waals surface area contributed by atoms with Gasteiger partial charge < -0.3 is 9.84 Å². The van der Waals surface area contributed by atoms with Crippen molar-refractivity contribution in [1.29, 1.82) is 0 Å². The van der Waals surface area contributed by atoms with E-state index in [-0.39, 0.29) is 16.4 Å². The van der Waals surface area contributed by atoms with Crippen molar-refractivity contribution in [3.63, 3.8) is 0 Å².